The van der Waals surface area contributed by atoms with Crippen molar-refractivity contribution in [3.63, 3.8) is 0 Å². The Morgan fingerprint density at radius 2 is 2.26 bits per heavy atom. The zero-order valence-corrected chi connectivity index (χ0v) is 15.4. The lowest BCUT2D eigenvalue weighted by molar-refractivity contribution is -0.122. The molecular weight excluding hydrogens is 368 g/mol. The predicted octanol–water partition coefficient (Wildman–Crippen LogP) is 3.15. The summed E-state index contributed by atoms with van der Waals surface area (Å²) in [6, 6.07) is 10.9. The van der Waals surface area contributed by atoms with Crippen LogP contribution in [0.1, 0.15) is 12.8 Å². The van der Waals surface area contributed by atoms with E-state index in [2.05, 4.69) is 15.5 Å². The number of ether oxygens (including phenoxy) is 1. The number of nitrogens with one attached hydrogen (secondary N) is 1. The second-order valence-corrected chi connectivity index (χ2v) is 6.83. The van der Waals surface area contributed by atoms with E-state index in [9.17, 15) is 4.79 Å². The summed E-state index contributed by atoms with van der Waals surface area (Å²) >= 11 is 6.02. The number of amides is 1. The predicted molar refractivity (Wildman–Crippen MR) is 100 cm³/mol. The fourth-order valence-electron chi connectivity index (χ4n) is 3.06. The molecule has 1 atom stereocenters. The third-order valence-electron chi connectivity index (χ3n) is 4.42. The summed E-state index contributed by atoms with van der Waals surface area (Å²) < 4.78 is 12.7. The van der Waals surface area contributed by atoms with Crippen molar-refractivity contribution in [3.8, 4) is 23.0 Å². The molecular formula is C19H19ClN4O3. The quantitative estimate of drug-likeness (QED) is 0.703. The van der Waals surface area contributed by atoms with Gasteiger partial charge in [-0.2, -0.15) is 4.98 Å². The van der Waals surface area contributed by atoms with Crippen molar-refractivity contribution in [3.05, 3.63) is 47.6 Å². The number of nitrogens with zero attached hydrogens (tertiary/aromatic N) is 3. The minimum Gasteiger partial charge on any atom is -0.376 e. The Labute approximate surface area is 161 Å². The number of hydrogen-bond donors (Lipinski definition) is 1. The molecule has 1 fully saturated rings. The minimum atomic E-state index is -0.0856. The van der Waals surface area contributed by atoms with Crippen molar-refractivity contribution in [1.29, 1.82) is 0 Å². The smallest absolute Gasteiger partial charge is 0.274 e. The largest absolute Gasteiger partial charge is 0.376 e. The average molecular weight is 387 g/mol. The third kappa shape index (κ3) is 4.20. The summed E-state index contributed by atoms with van der Waals surface area (Å²) in [4.78, 5) is 16.7. The standard InChI is InChI=1S/C19H19ClN4O3/c20-14-5-1-4-13(10-14)18-22-19(27-23-18)16-7-2-8-24(16)12-17(25)21-11-15-6-3-9-26-15/h1-2,4-5,7-8,10,15H,3,6,9,11-12H2,(H,21,25). The number of hydrogen-bond acceptors (Lipinski definition) is 5. The Morgan fingerprint density at radius 3 is 3.07 bits per heavy atom. The molecule has 1 N–H and O–H groups in total. The molecule has 8 heteroatoms. The molecule has 1 aromatic carbocycles. The van der Waals surface area contributed by atoms with Crippen LogP contribution in [-0.2, 0) is 16.1 Å². The van der Waals surface area contributed by atoms with Crippen LogP contribution in [-0.4, -0.2) is 39.9 Å². The van der Waals surface area contributed by atoms with E-state index in [1.807, 2.05) is 30.5 Å². The summed E-state index contributed by atoms with van der Waals surface area (Å²) in [7, 11) is 0. The first-order chi connectivity index (χ1) is 13.2. The summed E-state index contributed by atoms with van der Waals surface area (Å²) in [5.74, 6) is 0.711. The normalized spacial score (nSPS) is 16.6. The Bertz CT molecular complexity index is 930. The van der Waals surface area contributed by atoms with Crippen LogP contribution in [0.25, 0.3) is 23.0 Å². The second kappa shape index (κ2) is 7.94. The van der Waals surface area contributed by atoms with Gasteiger partial charge in [0.2, 0.25) is 11.7 Å². The Morgan fingerprint density at radius 1 is 1.33 bits per heavy atom. The number of halogens is 1. The number of rotatable bonds is 6. The molecule has 1 aliphatic rings. The van der Waals surface area contributed by atoms with E-state index in [4.69, 9.17) is 20.9 Å². The maximum atomic E-state index is 12.2. The summed E-state index contributed by atoms with van der Waals surface area (Å²) in [6.07, 6.45) is 3.97. The van der Waals surface area contributed by atoms with Gasteiger partial charge in [-0.15, -0.1) is 0 Å². The molecule has 1 aliphatic heterocycles. The first-order valence-corrected chi connectivity index (χ1v) is 9.20. The topological polar surface area (TPSA) is 82.2 Å². The first kappa shape index (κ1) is 17.8. The SMILES string of the molecule is O=C(Cn1cccc1-c1nc(-c2cccc(Cl)c2)no1)NCC1CCCO1. The molecule has 27 heavy (non-hydrogen) atoms. The first-order valence-electron chi connectivity index (χ1n) is 8.82. The van der Waals surface area contributed by atoms with Crippen molar-refractivity contribution < 1.29 is 14.1 Å². The van der Waals surface area contributed by atoms with Crippen LogP contribution in [0.4, 0.5) is 0 Å². The maximum absolute atomic E-state index is 12.2. The molecule has 0 spiro atoms. The monoisotopic (exact) mass is 386 g/mol. The van der Waals surface area contributed by atoms with Crippen molar-refractivity contribution >= 4 is 17.5 Å². The number of benzene rings is 1. The molecule has 3 heterocycles. The second-order valence-electron chi connectivity index (χ2n) is 6.39. The van der Waals surface area contributed by atoms with Crippen molar-refractivity contribution in [2.24, 2.45) is 0 Å². The third-order valence-corrected chi connectivity index (χ3v) is 4.66. The Balaban J connectivity index is 1.45. The van der Waals surface area contributed by atoms with E-state index in [0.717, 1.165) is 25.0 Å². The van der Waals surface area contributed by atoms with Gasteiger partial charge in [0.25, 0.3) is 5.89 Å². The molecule has 4 rings (SSSR count). The zero-order valence-electron chi connectivity index (χ0n) is 14.6. The highest BCUT2D eigenvalue weighted by Crippen LogP contribution is 2.24. The van der Waals surface area contributed by atoms with Crippen molar-refractivity contribution in [2.45, 2.75) is 25.5 Å². The lowest BCUT2D eigenvalue weighted by Gasteiger charge is -2.11. The van der Waals surface area contributed by atoms with E-state index in [1.54, 1.807) is 16.7 Å². The van der Waals surface area contributed by atoms with Gasteiger partial charge in [0, 0.05) is 29.9 Å². The maximum Gasteiger partial charge on any atom is 0.274 e. The van der Waals surface area contributed by atoms with Gasteiger partial charge in [-0.25, -0.2) is 0 Å². The number of carbonyl (C=O) groups excluding carboxylic acids is 1. The van der Waals surface area contributed by atoms with Crippen LogP contribution >= 0.6 is 11.6 Å². The van der Waals surface area contributed by atoms with E-state index in [0.29, 0.717) is 29.0 Å². The Kier molecular flexibility index (Phi) is 5.22. The molecule has 1 unspecified atom stereocenters. The van der Waals surface area contributed by atoms with Crippen molar-refractivity contribution in [2.75, 3.05) is 13.2 Å². The van der Waals surface area contributed by atoms with Crippen LogP contribution < -0.4 is 5.32 Å². The van der Waals surface area contributed by atoms with E-state index in [-0.39, 0.29) is 18.6 Å². The van der Waals surface area contributed by atoms with E-state index in [1.165, 1.54) is 0 Å². The summed E-state index contributed by atoms with van der Waals surface area (Å²) in [5.41, 5.74) is 1.45. The van der Waals surface area contributed by atoms with Crippen LogP contribution in [0.2, 0.25) is 5.02 Å². The summed E-state index contributed by atoms with van der Waals surface area (Å²) in [5, 5.41) is 7.53. The van der Waals surface area contributed by atoms with E-state index >= 15 is 0 Å². The molecule has 0 saturated carbocycles. The highest BCUT2D eigenvalue weighted by molar-refractivity contribution is 6.30. The molecule has 0 bridgehead atoms. The van der Waals surface area contributed by atoms with Gasteiger partial charge in [-0.3, -0.25) is 4.79 Å². The van der Waals surface area contributed by atoms with Crippen LogP contribution in [0, 0.1) is 0 Å². The minimum absolute atomic E-state index is 0.0856. The lowest BCUT2D eigenvalue weighted by atomic mass is 10.2. The fourth-order valence-corrected chi connectivity index (χ4v) is 3.25. The van der Waals surface area contributed by atoms with Gasteiger partial charge < -0.3 is 19.1 Å². The van der Waals surface area contributed by atoms with Gasteiger partial charge >= 0.3 is 0 Å². The van der Waals surface area contributed by atoms with Crippen LogP contribution in [0.5, 0.6) is 0 Å². The van der Waals surface area contributed by atoms with Gasteiger partial charge in [0.1, 0.15) is 12.2 Å². The molecule has 0 aliphatic carbocycles. The molecule has 2 aromatic heterocycles. The van der Waals surface area contributed by atoms with Gasteiger partial charge in [-0.1, -0.05) is 28.9 Å². The fraction of sp³-hybridized carbons (Fsp3) is 0.316. The molecule has 1 saturated heterocycles. The molecule has 3 aromatic rings. The number of carbonyl (C=O) groups is 1. The van der Waals surface area contributed by atoms with Crippen LogP contribution in [0.15, 0.2) is 47.1 Å². The van der Waals surface area contributed by atoms with Gasteiger partial charge in [0.15, 0.2) is 0 Å². The Hall–Kier alpha value is -2.64. The highest BCUT2D eigenvalue weighted by atomic mass is 35.5. The lowest BCUT2D eigenvalue weighted by Crippen LogP contribution is -2.34. The van der Waals surface area contributed by atoms with E-state index < -0.39 is 0 Å². The molecule has 0 radical (unpaired) electrons. The molecule has 7 nitrogen and oxygen atoms in total. The molecule has 1 amide bonds. The van der Waals surface area contributed by atoms with Gasteiger partial charge in [-0.05, 0) is 37.1 Å². The molecule has 140 valence electrons. The van der Waals surface area contributed by atoms with Crippen molar-refractivity contribution in [1.82, 2.24) is 20.0 Å². The van der Waals surface area contributed by atoms with Crippen LogP contribution in [0.3, 0.4) is 0 Å². The number of aromatic nitrogens is 3. The zero-order chi connectivity index (χ0) is 18.6. The summed E-state index contributed by atoms with van der Waals surface area (Å²) in [6.45, 7) is 1.48. The average Bonchev–Trinajstić information content (AvgIpc) is 3.41. The van der Waals surface area contributed by atoms with Gasteiger partial charge in [0.05, 0.1) is 6.10 Å². The highest BCUT2D eigenvalue weighted by Gasteiger charge is 2.18.